The molecule has 0 unspecified atom stereocenters. The van der Waals surface area contributed by atoms with Gasteiger partial charge < -0.3 is 5.11 Å². The highest BCUT2D eigenvalue weighted by atomic mass is 79.9. The van der Waals surface area contributed by atoms with E-state index in [1.54, 1.807) is 19.3 Å². The van der Waals surface area contributed by atoms with Crippen LogP contribution in [0.1, 0.15) is 0 Å². The first kappa shape index (κ1) is 10.9. The van der Waals surface area contributed by atoms with Gasteiger partial charge in [0.05, 0.1) is 5.52 Å². The molecule has 6 nitrogen and oxygen atoms in total. The third-order valence-electron chi connectivity index (χ3n) is 2.23. The Hall–Kier alpha value is -1.63. The summed E-state index contributed by atoms with van der Waals surface area (Å²) in [5.74, 6) is -1.06. The van der Waals surface area contributed by atoms with Crippen molar-refractivity contribution in [3.8, 4) is 0 Å². The van der Waals surface area contributed by atoms with E-state index in [1.165, 1.54) is 9.13 Å². The minimum atomic E-state index is -1.06. The summed E-state index contributed by atoms with van der Waals surface area (Å²) in [6.45, 7) is -0.367. The molecule has 0 saturated heterocycles. The molecule has 16 heavy (non-hydrogen) atoms. The number of nitrogens with zero attached hydrogens (tertiary/aromatic N) is 3. The molecular weight excluding hydrogens is 278 g/mol. The minimum Gasteiger partial charge on any atom is -0.480 e. The maximum atomic E-state index is 11.7. The fourth-order valence-corrected chi connectivity index (χ4v) is 1.86. The monoisotopic (exact) mass is 285 g/mol. The summed E-state index contributed by atoms with van der Waals surface area (Å²) in [6.07, 6.45) is 1.56. The van der Waals surface area contributed by atoms with Crippen molar-refractivity contribution in [2.45, 2.75) is 6.54 Å². The van der Waals surface area contributed by atoms with Crippen LogP contribution in [0.3, 0.4) is 0 Å². The molecule has 2 aromatic rings. The van der Waals surface area contributed by atoms with Crippen molar-refractivity contribution in [3.63, 3.8) is 0 Å². The van der Waals surface area contributed by atoms with E-state index in [2.05, 4.69) is 20.9 Å². The molecule has 2 heterocycles. The quantitative estimate of drug-likeness (QED) is 0.876. The molecule has 0 radical (unpaired) electrons. The zero-order valence-electron chi connectivity index (χ0n) is 8.35. The molecule has 84 valence electrons. The standard InChI is InChI=1S/C9H8BrN3O3/c1-12-8-6(2-5(10)3-11-8)13(9(12)16)4-7(14)15/h2-3H,4H2,1H3,(H,14,15). The molecule has 0 aliphatic heterocycles. The summed E-state index contributed by atoms with van der Waals surface area (Å²) >= 11 is 3.23. The van der Waals surface area contributed by atoms with Crippen LogP contribution in [0.4, 0.5) is 0 Å². The molecule has 0 aliphatic rings. The average Bonchev–Trinajstić information content (AvgIpc) is 2.43. The van der Waals surface area contributed by atoms with E-state index in [-0.39, 0.29) is 12.2 Å². The van der Waals surface area contributed by atoms with Crippen molar-refractivity contribution in [1.29, 1.82) is 0 Å². The summed E-state index contributed by atoms with van der Waals surface area (Å²) in [6, 6.07) is 1.67. The van der Waals surface area contributed by atoms with Crippen LogP contribution in [0, 0.1) is 0 Å². The van der Waals surface area contributed by atoms with Crippen molar-refractivity contribution in [2.75, 3.05) is 0 Å². The zero-order chi connectivity index (χ0) is 11.9. The molecule has 0 aromatic carbocycles. The van der Waals surface area contributed by atoms with E-state index < -0.39 is 5.97 Å². The zero-order valence-corrected chi connectivity index (χ0v) is 9.93. The second-order valence-electron chi connectivity index (χ2n) is 3.32. The van der Waals surface area contributed by atoms with Crippen molar-refractivity contribution >= 4 is 33.1 Å². The number of imidazole rings is 1. The van der Waals surface area contributed by atoms with Gasteiger partial charge in [0.25, 0.3) is 0 Å². The molecule has 0 fully saturated rings. The molecule has 2 rings (SSSR count). The van der Waals surface area contributed by atoms with Gasteiger partial charge in [0.2, 0.25) is 0 Å². The second kappa shape index (κ2) is 3.75. The van der Waals surface area contributed by atoms with E-state index in [0.29, 0.717) is 15.6 Å². The maximum Gasteiger partial charge on any atom is 0.330 e. The molecule has 0 spiro atoms. The normalized spacial score (nSPS) is 10.9. The van der Waals surface area contributed by atoms with Crippen LogP contribution in [-0.4, -0.2) is 25.2 Å². The van der Waals surface area contributed by atoms with Gasteiger partial charge in [0.15, 0.2) is 5.65 Å². The second-order valence-corrected chi connectivity index (χ2v) is 4.23. The molecule has 0 atom stereocenters. The number of hydrogen-bond donors (Lipinski definition) is 1. The third kappa shape index (κ3) is 1.63. The predicted octanol–water partition coefficient (Wildman–Crippen LogP) is 0.582. The van der Waals surface area contributed by atoms with Crippen LogP contribution in [0.2, 0.25) is 0 Å². The molecule has 1 N–H and O–H groups in total. The predicted molar refractivity (Wildman–Crippen MR) is 60.3 cm³/mol. The van der Waals surface area contributed by atoms with E-state index in [4.69, 9.17) is 5.11 Å². The number of carboxylic acid groups (broad SMARTS) is 1. The molecule has 0 bridgehead atoms. The summed E-state index contributed by atoms with van der Waals surface area (Å²) in [7, 11) is 1.56. The van der Waals surface area contributed by atoms with Gasteiger partial charge in [-0.1, -0.05) is 0 Å². The van der Waals surface area contributed by atoms with Crippen LogP contribution in [0.15, 0.2) is 21.5 Å². The number of rotatable bonds is 2. The molecule has 0 aliphatic carbocycles. The van der Waals surface area contributed by atoms with Gasteiger partial charge in [-0.3, -0.25) is 13.9 Å². The van der Waals surface area contributed by atoms with E-state index >= 15 is 0 Å². The Bertz CT molecular complexity index is 629. The lowest BCUT2D eigenvalue weighted by Gasteiger charge is -1.97. The summed E-state index contributed by atoms with van der Waals surface area (Å²) in [5.41, 5.74) is 0.585. The van der Waals surface area contributed by atoms with Crippen LogP contribution in [0.5, 0.6) is 0 Å². The lowest BCUT2D eigenvalue weighted by Crippen LogP contribution is -2.25. The third-order valence-corrected chi connectivity index (χ3v) is 2.67. The van der Waals surface area contributed by atoms with E-state index in [9.17, 15) is 9.59 Å². The minimum absolute atomic E-state index is 0.367. The van der Waals surface area contributed by atoms with Gasteiger partial charge in [-0.2, -0.15) is 0 Å². The highest BCUT2D eigenvalue weighted by Crippen LogP contribution is 2.15. The summed E-state index contributed by atoms with van der Waals surface area (Å²) in [4.78, 5) is 26.5. The average molecular weight is 286 g/mol. The number of hydrogen-bond acceptors (Lipinski definition) is 3. The Labute approximate surface area is 98.3 Å². The van der Waals surface area contributed by atoms with Gasteiger partial charge in [-0.15, -0.1) is 0 Å². The number of carboxylic acids is 1. The van der Waals surface area contributed by atoms with Crippen LogP contribution >= 0.6 is 15.9 Å². The molecule has 0 amide bonds. The number of pyridine rings is 1. The Morgan fingerprint density at radius 2 is 2.31 bits per heavy atom. The van der Waals surface area contributed by atoms with Gasteiger partial charge in [-0.25, -0.2) is 9.78 Å². The SMILES string of the molecule is Cn1c(=O)n(CC(=O)O)c2cc(Br)cnc21. The number of aromatic nitrogens is 3. The summed E-state index contributed by atoms with van der Waals surface area (Å²) in [5, 5.41) is 8.73. The lowest BCUT2D eigenvalue weighted by atomic mass is 10.4. The Balaban J connectivity index is 2.80. The van der Waals surface area contributed by atoms with Crippen molar-refractivity contribution in [3.05, 3.63) is 27.2 Å². The maximum absolute atomic E-state index is 11.7. The molecule has 0 saturated carbocycles. The van der Waals surface area contributed by atoms with Crippen molar-refractivity contribution < 1.29 is 9.90 Å². The fraction of sp³-hybridized carbons (Fsp3) is 0.222. The highest BCUT2D eigenvalue weighted by Gasteiger charge is 2.13. The Kier molecular flexibility index (Phi) is 2.55. The Morgan fingerprint density at radius 3 is 2.94 bits per heavy atom. The first-order valence-corrected chi connectivity index (χ1v) is 5.22. The number of carbonyl (C=O) groups is 1. The molecule has 7 heteroatoms. The summed E-state index contributed by atoms with van der Waals surface area (Å²) < 4.78 is 3.20. The smallest absolute Gasteiger partial charge is 0.330 e. The van der Waals surface area contributed by atoms with E-state index in [0.717, 1.165) is 0 Å². The first-order valence-electron chi connectivity index (χ1n) is 4.43. The number of halogens is 1. The van der Waals surface area contributed by atoms with Crippen molar-refractivity contribution in [1.82, 2.24) is 14.1 Å². The molecular formula is C9H8BrN3O3. The number of fused-ring (bicyclic) bond motifs is 1. The number of aryl methyl sites for hydroxylation is 1. The Morgan fingerprint density at radius 1 is 1.62 bits per heavy atom. The fourth-order valence-electron chi connectivity index (χ4n) is 1.54. The first-order chi connectivity index (χ1) is 7.50. The van der Waals surface area contributed by atoms with Gasteiger partial charge in [-0.05, 0) is 22.0 Å². The largest absolute Gasteiger partial charge is 0.480 e. The van der Waals surface area contributed by atoms with Crippen molar-refractivity contribution in [2.24, 2.45) is 7.05 Å². The highest BCUT2D eigenvalue weighted by molar-refractivity contribution is 9.10. The van der Waals surface area contributed by atoms with Gasteiger partial charge in [0, 0.05) is 17.7 Å². The van der Waals surface area contributed by atoms with Crippen LogP contribution < -0.4 is 5.69 Å². The van der Waals surface area contributed by atoms with E-state index in [1.807, 2.05) is 0 Å². The van der Waals surface area contributed by atoms with Gasteiger partial charge in [0.1, 0.15) is 6.54 Å². The van der Waals surface area contributed by atoms with Gasteiger partial charge >= 0.3 is 11.7 Å². The van der Waals surface area contributed by atoms with Crippen LogP contribution in [0.25, 0.3) is 11.2 Å². The molecule has 2 aromatic heterocycles. The number of aliphatic carboxylic acids is 1. The van der Waals surface area contributed by atoms with Crippen LogP contribution in [-0.2, 0) is 18.4 Å². The topological polar surface area (TPSA) is 77.1 Å². The lowest BCUT2D eigenvalue weighted by molar-refractivity contribution is -0.137.